The van der Waals surface area contributed by atoms with Gasteiger partial charge in [-0.3, -0.25) is 4.79 Å². The molecule has 0 radical (unpaired) electrons. The molecule has 0 aliphatic heterocycles. The molecule has 0 bridgehead atoms. The summed E-state index contributed by atoms with van der Waals surface area (Å²) >= 11 is 0. The van der Waals surface area contributed by atoms with Crippen LogP contribution < -0.4 is 16.4 Å². The van der Waals surface area contributed by atoms with Crippen LogP contribution in [0.3, 0.4) is 0 Å². The fourth-order valence-corrected chi connectivity index (χ4v) is 2.70. The number of nitrogen functional groups attached to an aromatic ring is 1. The van der Waals surface area contributed by atoms with Gasteiger partial charge in [-0.2, -0.15) is 0 Å². The first-order valence-electron chi connectivity index (χ1n) is 12.8. The molecular weight excluding hydrogens is 498 g/mol. The molecule has 0 atom stereocenters. The predicted octanol–water partition coefficient (Wildman–Crippen LogP) is 2.22. The minimum absolute atomic E-state index is 0.117. The van der Waals surface area contributed by atoms with Crippen molar-refractivity contribution < 1.29 is 42.7 Å². The Bertz CT molecular complexity index is 742. The lowest BCUT2D eigenvalue weighted by Gasteiger charge is -2.19. The van der Waals surface area contributed by atoms with Crippen LogP contribution in [-0.2, 0) is 38.0 Å². The van der Waals surface area contributed by atoms with Gasteiger partial charge in [-0.1, -0.05) is 0 Å². The number of carbonyl (C=O) groups excluding carboxylic acids is 2. The average Bonchev–Trinajstić information content (AvgIpc) is 2.85. The van der Waals surface area contributed by atoms with Crippen molar-refractivity contribution in [2.24, 2.45) is 0 Å². The van der Waals surface area contributed by atoms with Gasteiger partial charge in [0.25, 0.3) is 0 Å². The zero-order valence-corrected chi connectivity index (χ0v) is 23.0. The van der Waals surface area contributed by atoms with Crippen molar-refractivity contribution in [3.05, 3.63) is 24.3 Å². The van der Waals surface area contributed by atoms with Crippen LogP contribution in [0.5, 0.6) is 0 Å². The van der Waals surface area contributed by atoms with Crippen molar-refractivity contribution in [3.63, 3.8) is 0 Å². The number of benzene rings is 1. The Hall–Kier alpha value is -2.48. The lowest BCUT2D eigenvalue weighted by atomic mass is 10.2. The van der Waals surface area contributed by atoms with E-state index in [9.17, 15) is 9.59 Å². The van der Waals surface area contributed by atoms with E-state index in [1.54, 1.807) is 24.3 Å². The number of ether oxygens (including phenoxy) is 7. The molecule has 1 rings (SSSR count). The van der Waals surface area contributed by atoms with Gasteiger partial charge >= 0.3 is 6.09 Å². The van der Waals surface area contributed by atoms with Gasteiger partial charge in [0.15, 0.2) is 0 Å². The fourth-order valence-electron chi connectivity index (χ4n) is 2.70. The number of anilines is 2. The van der Waals surface area contributed by atoms with E-state index in [2.05, 4.69) is 10.6 Å². The molecule has 218 valence electrons. The number of nitrogens with two attached hydrogens (primary N) is 1. The third-order valence-electron chi connectivity index (χ3n) is 4.44. The minimum Gasteiger partial charge on any atom is -0.444 e. The summed E-state index contributed by atoms with van der Waals surface area (Å²) < 4.78 is 37.6. The van der Waals surface area contributed by atoms with Gasteiger partial charge in [-0.05, 0) is 45.0 Å². The molecule has 1 aromatic carbocycles. The van der Waals surface area contributed by atoms with E-state index < -0.39 is 11.7 Å². The van der Waals surface area contributed by atoms with Gasteiger partial charge in [-0.25, -0.2) is 4.79 Å². The zero-order chi connectivity index (χ0) is 27.9. The van der Waals surface area contributed by atoms with Crippen molar-refractivity contribution in [1.29, 1.82) is 0 Å². The van der Waals surface area contributed by atoms with Crippen LogP contribution in [-0.4, -0.2) is 103 Å². The fraction of sp³-hybridized carbons (Fsp3) is 0.692. The molecule has 0 saturated heterocycles. The van der Waals surface area contributed by atoms with Gasteiger partial charge in [0.1, 0.15) is 5.60 Å². The van der Waals surface area contributed by atoms with Crippen molar-refractivity contribution >= 4 is 23.4 Å². The highest BCUT2D eigenvalue weighted by Crippen LogP contribution is 2.10. The maximum absolute atomic E-state index is 11.8. The molecule has 0 heterocycles. The largest absolute Gasteiger partial charge is 0.444 e. The molecule has 0 aromatic heterocycles. The van der Waals surface area contributed by atoms with E-state index in [1.807, 2.05) is 20.8 Å². The van der Waals surface area contributed by atoms with E-state index in [-0.39, 0.29) is 12.3 Å². The van der Waals surface area contributed by atoms with Crippen molar-refractivity contribution in [2.75, 3.05) is 96.9 Å². The number of amides is 2. The second kappa shape index (κ2) is 21.5. The highest BCUT2D eigenvalue weighted by Gasteiger charge is 2.15. The third-order valence-corrected chi connectivity index (χ3v) is 4.44. The van der Waals surface area contributed by atoms with E-state index in [0.29, 0.717) is 97.2 Å². The molecule has 0 aliphatic rings. The number of nitrogens with one attached hydrogen (secondary N) is 2. The van der Waals surface area contributed by atoms with Crippen LogP contribution in [0.25, 0.3) is 0 Å². The zero-order valence-electron chi connectivity index (χ0n) is 23.0. The molecule has 0 saturated carbocycles. The van der Waals surface area contributed by atoms with Crippen LogP contribution in [0.4, 0.5) is 16.2 Å². The Morgan fingerprint density at radius 3 is 1.55 bits per heavy atom. The second-order valence-corrected chi connectivity index (χ2v) is 9.02. The number of rotatable bonds is 22. The van der Waals surface area contributed by atoms with Crippen LogP contribution >= 0.6 is 0 Å². The monoisotopic (exact) mass is 543 g/mol. The Balaban J connectivity index is 1.74. The molecule has 38 heavy (non-hydrogen) atoms. The molecule has 12 heteroatoms. The first kappa shape index (κ1) is 33.5. The van der Waals surface area contributed by atoms with E-state index >= 15 is 0 Å². The number of carbonyl (C=O) groups is 2. The molecule has 1 aromatic rings. The summed E-state index contributed by atoms with van der Waals surface area (Å²) in [7, 11) is 0. The first-order valence-corrected chi connectivity index (χ1v) is 12.8. The van der Waals surface area contributed by atoms with E-state index in [1.165, 1.54) is 0 Å². The van der Waals surface area contributed by atoms with Crippen molar-refractivity contribution in [2.45, 2.75) is 32.8 Å². The summed E-state index contributed by atoms with van der Waals surface area (Å²) in [6, 6.07) is 6.97. The molecule has 0 spiro atoms. The summed E-state index contributed by atoms with van der Waals surface area (Å²) in [5.41, 5.74) is 6.45. The van der Waals surface area contributed by atoms with Crippen LogP contribution in [0.1, 0.15) is 27.2 Å². The Labute approximate surface area is 225 Å². The second-order valence-electron chi connectivity index (χ2n) is 9.02. The smallest absolute Gasteiger partial charge is 0.407 e. The van der Waals surface area contributed by atoms with Crippen molar-refractivity contribution in [3.8, 4) is 0 Å². The maximum atomic E-state index is 11.8. The van der Waals surface area contributed by atoms with Gasteiger partial charge in [0, 0.05) is 17.9 Å². The maximum Gasteiger partial charge on any atom is 0.407 e. The first-order chi connectivity index (χ1) is 18.3. The number of alkyl carbamates (subject to hydrolysis) is 1. The Kier molecular flexibility index (Phi) is 18.9. The predicted molar refractivity (Wildman–Crippen MR) is 143 cm³/mol. The highest BCUT2D eigenvalue weighted by atomic mass is 16.6. The molecule has 2 amide bonds. The van der Waals surface area contributed by atoms with Gasteiger partial charge < -0.3 is 49.5 Å². The highest BCUT2D eigenvalue weighted by molar-refractivity contribution is 5.90. The minimum atomic E-state index is -0.513. The Morgan fingerprint density at radius 2 is 1.11 bits per heavy atom. The Morgan fingerprint density at radius 1 is 0.684 bits per heavy atom. The lowest BCUT2D eigenvalue weighted by molar-refractivity contribution is -0.117. The normalized spacial score (nSPS) is 11.3. The topological polar surface area (TPSA) is 149 Å². The molecular formula is C26H45N3O9. The number of hydrogen-bond donors (Lipinski definition) is 3. The third kappa shape index (κ3) is 21.6. The van der Waals surface area contributed by atoms with Crippen LogP contribution in [0.15, 0.2) is 24.3 Å². The van der Waals surface area contributed by atoms with Gasteiger partial charge in [0.05, 0.1) is 85.7 Å². The van der Waals surface area contributed by atoms with Crippen LogP contribution in [0, 0.1) is 0 Å². The standard InChI is InChI=1S/C26H45N3O9/c1-26(2,3)38-25(31)28-9-11-33-13-15-35-17-19-37-21-20-36-18-16-34-14-12-32-10-8-24(30)29-23-6-4-22(27)5-7-23/h4-7H,8-21,27H2,1-3H3,(H,28,31)(H,29,30). The molecule has 4 N–H and O–H groups in total. The summed E-state index contributed by atoms with van der Waals surface area (Å²) in [5.74, 6) is -0.117. The quantitative estimate of drug-likeness (QED) is 0.147. The van der Waals surface area contributed by atoms with Crippen LogP contribution in [0.2, 0.25) is 0 Å². The molecule has 12 nitrogen and oxygen atoms in total. The number of hydrogen-bond acceptors (Lipinski definition) is 10. The average molecular weight is 544 g/mol. The lowest BCUT2D eigenvalue weighted by Crippen LogP contribution is -2.34. The summed E-state index contributed by atoms with van der Waals surface area (Å²) in [5, 5.41) is 5.40. The van der Waals surface area contributed by atoms with E-state index in [0.717, 1.165) is 0 Å². The van der Waals surface area contributed by atoms with Crippen molar-refractivity contribution in [1.82, 2.24) is 5.32 Å². The summed E-state index contributed by atoms with van der Waals surface area (Å²) in [4.78, 5) is 23.3. The van der Waals surface area contributed by atoms with Gasteiger partial charge in [-0.15, -0.1) is 0 Å². The summed E-state index contributed by atoms with van der Waals surface area (Å²) in [6.07, 6.45) is -0.191. The van der Waals surface area contributed by atoms with E-state index in [4.69, 9.17) is 38.9 Å². The molecule has 0 aliphatic carbocycles. The molecule has 0 fully saturated rings. The summed E-state index contributed by atoms with van der Waals surface area (Å²) in [6.45, 7) is 11.0. The molecule has 0 unspecified atom stereocenters. The van der Waals surface area contributed by atoms with Gasteiger partial charge in [0.2, 0.25) is 5.91 Å². The SMILES string of the molecule is CC(C)(C)OC(=O)NCCOCCOCCOCCOCCOCCOCCC(=O)Nc1ccc(N)cc1.